The van der Waals surface area contributed by atoms with Crippen LogP contribution in [0.25, 0.3) is 22.6 Å². The van der Waals surface area contributed by atoms with Crippen molar-refractivity contribution < 1.29 is 4.74 Å². The number of thiophene rings is 1. The van der Waals surface area contributed by atoms with Gasteiger partial charge >= 0.3 is 0 Å². The Morgan fingerprint density at radius 1 is 1.30 bits per heavy atom. The number of aryl methyl sites for hydroxylation is 1. The highest BCUT2D eigenvalue weighted by molar-refractivity contribution is 7.16. The summed E-state index contributed by atoms with van der Waals surface area (Å²) in [5.74, 6) is 1.39. The molecule has 1 aliphatic rings. The summed E-state index contributed by atoms with van der Waals surface area (Å²) < 4.78 is 5.13. The normalized spacial score (nSPS) is 13.8. The molecule has 0 fully saturated rings. The molecule has 0 saturated carbocycles. The van der Waals surface area contributed by atoms with Crippen molar-refractivity contribution in [1.29, 1.82) is 0 Å². The average Bonchev–Trinajstić information content (AvgIpc) is 3.10. The van der Waals surface area contributed by atoms with E-state index in [4.69, 9.17) is 10.5 Å². The number of nitrogen functional groups attached to an aromatic ring is 1. The summed E-state index contributed by atoms with van der Waals surface area (Å²) in [6, 6.07) is 3.76. The van der Waals surface area contributed by atoms with E-state index in [2.05, 4.69) is 15.0 Å². The third kappa shape index (κ3) is 1.61. The molecular weight excluding hydrogens is 272 g/mol. The third-order valence-corrected chi connectivity index (χ3v) is 4.84. The third-order valence-electron chi connectivity index (χ3n) is 3.71. The first kappa shape index (κ1) is 11.7. The minimum absolute atomic E-state index is 0.569. The van der Waals surface area contributed by atoms with Crippen molar-refractivity contribution in [3.8, 4) is 17.3 Å². The number of rotatable bonds is 2. The fraction of sp³-hybridized carbons (Fsp3) is 0.286. The molecule has 0 spiro atoms. The number of aromatic amines is 1. The Morgan fingerprint density at radius 2 is 2.20 bits per heavy atom. The number of nitrogens with one attached hydrogen (secondary N) is 1. The second-order valence-corrected chi connectivity index (χ2v) is 6.04. The van der Waals surface area contributed by atoms with Crippen molar-refractivity contribution in [1.82, 2.24) is 15.0 Å². The summed E-state index contributed by atoms with van der Waals surface area (Å²) in [6.07, 6.45) is 3.43. The van der Waals surface area contributed by atoms with Crippen molar-refractivity contribution in [3.63, 3.8) is 0 Å². The summed E-state index contributed by atoms with van der Waals surface area (Å²) >= 11 is 1.69. The molecule has 0 saturated heterocycles. The topological polar surface area (TPSA) is 76.8 Å². The quantitative estimate of drug-likeness (QED) is 0.759. The van der Waals surface area contributed by atoms with E-state index < -0.39 is 0 Å². The second-order valence-electron chi connectivity index (χ2n) is 4.91. The van der Waals surface area contributed by atoms with Crippen LogP contribution in [0.3, 0.4) is 0 Å². The predicted octanol–water partition coefficient (Wildman–Crippen LogP) is 2.77. The lowest BCUT2D eigenvalue weighted by atomic mass is 10.1. The lowest BCUT2D eigenvalue weighted by molar-refractivity contribution is 0.399. The molecule has 20 heavy (non-hydrogen) atoms. The van der Waals surface area contributed by atoms with Gasteiger partial charge in [-0.05, 0) is 30.9 Å². The van der Waals surface area contributed by atoms with Crippen molar-refractivity contribution >= 4 is 27.5 Å². The van der Waals surface area contributed by atoms with E-state index >= 15 is 0 Å². The van der Waals surface area contributed by atoms with Gasteiger partial charge < -0.3 is 15.5 Å². The van der Waals surface area contributed by atoms with Gasteiger partial charge in [0.2, 0.25) is 5.88 Å². The van der Waals surface area contributed by atoms with Crippen LogP contribution in [0.4, 0.5) is 5.00 Å². The highest BCUT2D eigenvalue weighted by atomic mass is 32.1. The van der Waals surface area contributed by atoms with Gasteiger partial charge in [-0.3, -0.25) is 0 Å². The Hall–Kier alpha value is -2.08. The molecule has 0 bridgehead atoms. The van der Waals surface area contributed by atoms with Crippen LogP contribution >= 0.6 is 11.3 Å². The molecule has 3 aromatic rings. The highest BCUT2D eigenvalue weighted by Crippen LogP contribution is 2.42. The standard InChI is InChI=1S/C14H14N4OS/c1-19-10-6-5-8-13(17-10)18-14(16-8)11-7-3-2-4-9(7)20-12(11)15/h5-6H,2-4,15H2,1H3,(H,16,17,18). The SMILES string of the molecule is COc1ccc2[nH]c(-c3c(N)sc4c3CCC4)nc2n1. The van der Waals surface area contributed by atoms with Crippen LogP contribution in [0.5, 0.6) is 5.88 Å². The molecule has 1 aliphatic carbocycles. The first-order valence-electron chi connectivity index (χ1n) is 6.57. The van der Waals surface area contributed by atoms with Gasteiger partial charge in [-0.25, -0.2) is 4.98 Å². The van der Waals surface area contributed by atoms with E-state index in [1.54, 1.807) is 18.4 Å². The number of hydrogen-bond acceptors (Lipinski definition) is 5. The number of nitrogens with two attached hydrogens (primary N) is 1. The molecule has 0 amide bonds. The Labute approximate surface area is 119 Å². The highest BCUT2D eigenvalue weighted by Gasteiger charge is 2.23. The molecule has 5 nitrogen and oxygen atoms in total. The smallest absolute Gasteiger partial charge is 0.215 e. The van der Waals surface area contributed by atoms with E-state index in [0.29, 0.717) is 11.5 Å². The lowest BCUT2D eigenvalue weighted by Gasteiger charge is -1.98. The number of H-pyrrole nitrogens is 1. The van der Waals surface area contributed by atoms with Gasteiger partial charge in [0.15, 0.2) is 5.65 Å². The van der Waals surface area contributed by atoms with Gasteiger partial charge in [0.05, 0.1) is 23.2 Å². The number of pyridine rings is 1. The maximum Gasteiger partial charge on any atom is 0.215 e. The Bertz CT molecular complexity index is 805. The fourth-order valence-corrected chi connectivity index (χ4v) is 3.95. The summed E-state index contributed by atoms with van der Waals surface area (Å²) in [5.41, 5.74) is 10.2. The van der Waals surface area contributed by atoms with Gasteiger partial charge in [0.1, 0.15) is 5.82 Å². The van der Waals surface area contributed by atoms with E-state index in [9.17, 15) is 0 Å². The molecule has 0 aliphatic heterocycles. The minimum Gasteiger partial charge on any atom is -0.481 e. The second kappa shape index (κ2) is 4.21. The van der Waals surface area contributed by atoms with Crippen molar-refractivity contribution in [3.05, 3.63) is 22.6 Å². The zero-order valence-electron chi connectivity index (χ0n) is 11.1. The Balaban J connectivity index is 1.90. The minimum atomic E-state index is 0.569. The molecule has 0 aromatic carbocycles. The molecule has 3 heterocycles. The molecular formula is C14H14N4OS. The molecule has 4 rings (SSSR count). The zero-order chi connectivity index (χ0) is 13.7. The molecule has 0 unspecified atom stereocenters. The van der Waals surface area contributed by atoms with E-state index in [0.717, 1.165) is 34.7 Å². The van der Waals surface area contributed by atoms with Gasteiger partial charge in [0.25, 0.3) is 0 Å². The monoisotopic (exact) mass is 286 g/mol. The number of nitrogens with zero attached hydrogens (tertiary/aromatic N) is 2. The van der Waals surface area contributed by atoms with Crippen LogP contribution in [-0.4, -0.2) is 22.1 Å². The predicted molar refractivity (Wildman–Crippen MR) is 80.2 cm³/mol. The van der Waals surface area contributed by atoms with Crippen LogP contribution in [0.15, 0.2) is 12.1 Å². The number of aromatic nitrogens is 3. The van der Waals surface area contributed by atoms with Crippen LogP contribution in [0.2, 0.25) is 0 Å². The summed E-state index contributed by atoms with van der Waals surface area (Å²) in [7, 11) is 1.60. The summed E-state index contributed by atoms with van der Waals surface area (Å²) in [4.78, 5) is 13.7. The van der Waals surface area contributed by atoms with Gasteiger partial charge in [0, 0.05) is 10.9 Å². The van der Waals surface area contributed by atoms with Gasteiger partial charge in [-0.2, -0.15) is 4.98 Å². The number of ether oxygens (including phenoxy) is 1. The zero-order valence-corrected chi connectivity index (χ0v) is 11.9. The summed E-state index contributed by atoms with van der Waals surface area (Å²) in [6.45, 7) is 0. The van der Waals surface area contributed by atoms with Crippen molar-refractivity contribution in [2.45, 2.75) is 19.3 Å². The first-order valence-corrected chi connectivity index (χ1v) is 7.39. The van der Waals surface area contributed by atoms with Crippen LogP contribution in [0, 0.1) is 0 Å². The summed E-state index contributed by atoms with van der Waals surface area (Å²) in [5, 5.41) is 0.848. The first-order chi connectivity index (χ1) is 9.76. The number of hydrogen-bond donors (Lipinski definition) is 2. The van der Waals surface area contributed by atoms with E-state index in [1.807, 2.05) is 12.1 Å². The average molecular weight is 286 g/mol. The fourth-order valence-electron chi connectivity index (χ4n) is 2.79. The number of imidazole rings is 1. The Kier molecular flexibility index (Phi) is 2.47. The maximum atomic E-state index is 6.18. The van der Waals surface area contributed by atoms with Crippen molar-refractivity contribution in [2.24, 2.45) is 0 Å². The molecule has 6 heteroatoms. The molecule has 3 aromatic heterocycles. The largest absolute Gasteiger partial charge is 0.481 e. The Morgan fingerprint density at radius 3 is 3.05 bits per heavy atom. The van der Waals surface area contributed by atoms with Gasteiger partial charge in [-0.1, -0.05) is 0 Å². The van der Waals surface area contributed by atoms with E-state index in [-0.39, 0.29) is 0 Å². The molecule has 3 N–H and O–H groups in total. The number of methoxy groups -OCH3 is 1. The van der Waals surface area contributed by atoms with Crippen LogP contribution in [0.1, 0.15) is 16.9 Å². The molecule has 0 atom stereocenters. The maximum absolute atomic E-state index is 6.18. The number of fused-ring (bicyclic) bond motifs is 2. The van der Waals surface area contributed by atoms with Crippen molar-refractivity contribution in [2.75, 3.05) is 12.8 Å². The molecule has 0 radical (unpaired) electrons. The van der Waals surface area contributed by atoms with Crippen LogP contribution in [-0.2, 0) is 12.8 Å². The lowest BCUT2D eigenvalue weighted by Crippen LogP contribution is -1.90. The number of anilines is 1. The van der Waals surface area contributed by atoms with Gasteiger partial charge in [-0.15, -0.1) is 11.3 Å². The molecule has 102 valence electrons. The van der Waals surface area contributed by atoms with E-state index in [1.165, 1.54) is 16.9 Å². The van der Waals surface area contributed by atoms with Crippen LogP contribution < -0.4 is 10.5 Å².